The molecule has 0 bridgehead atoms. The number of hydrogen-bond donors (Lipinski definition) is 2. The highest BCUT2D eigenvalue weighted by Crippen LogP contribution is 2.38. The molecule has 1 aliphatic rings. The first-order valence-corrected chi connectivity index (χ1v) is 13.4. The average molecular weight is 523 g/mol. The minimum Gasteiger partial charge on any atom is -0.422 e. The maximum atomic E-state index is 10.1. The van der Waals surface area contributed by atoms with Crippen LogP contribution in [0.4, 0.5) is 5.95 Å². The molecule has 0 saturated heterocycles. The van der Waals surface area contributed by atoms with E-state index in [-0.39, 0.29) is 18.1 Å². The van der Waals surface area contributed by atoms with E-state index < -0.39 is 5.54 Å². The van der Waals surface area contributed by atoms with Gasteiger partial charge in [0.2, 0.25) is 17.7 Å². The van der Waals surface area contributed by atoms with E-state index in [1.165, 1.54) is 0 Å². The van der Waals surface area contributed by atoms with Gasteiger partial charge in [0.1, 0.15) is 5.54 Å². The first-order chi connectivity index (χ1) is 18.2. The zero-order valence-corrected chi connectivity index (χ0v) is 23.0. The van der Waals surface area contributed by atoms with Crippen molar-refractivity contribution < 1.29 is 14.3 Å². The van der Waals surface area contributed by atoms with E-state index in [2.05, 4.69) is 26.6 Å². The molecule has 11 heteroatoms. The van der Waals surface area contributed by atoms with Crippen molar-refractivity contribution in [3.63, 3.8) is 0 Å². The summed E-state index contributed by atoms with van der Waals surface area (Å²) in [6, 6.07) is 2.27. The number of ether oxygens (including phenoxy) is 1. The molecule has 1 fully saturated rings. The highest BCUT2D eigenvalue weighted by Gasteiger charge is 2.32. The predicted molar refractivity (Wildman–Crippen MR) is 143 cm³/mol. The van der Waals surface area contributed by atoms with Gasteiger partial charge in [0.25, 0.3) is 0 Å². The van der Waals surface area contributed by atoms with Crippen LogP contribution in [0.2, 0.25) is 0 Å². The smallest absolute Gasteiger partial charge is 0.243 e. The lowest BCUT2D eigenvalue weighted by molar-refractivity contribution is 0.121. The zero-order valence-electron chi connectivity index (χ0n) is 23.0. The van der Waals surface area contributed by atoms with E-state index in [9.17, 15) is 5.11 Å². The van der Waals surface area contributed by atoms with Gasteiger partial charge in [-0.25, -0.2) is 9.50 Å². The van der Waals surface area contributed by atoms with Crippen molar-refractivity contribution in [3.05, 3.63) is 42.1 Å². The number of methoxy groups -OCH3 is 1. The van der Waals surface area contributed by atoms with Gasteiger partial charge in [-0.1, -0.05) is 13.8 Å². The Hall–Kier alpha value is -3.31. The molecular formula is C27H38N8O3. The molecule has 1 saturated carbocycles. The molecule has 2 N–H and O–H groups in total. The predicted octanol–water partition coefficient (Wildman–Crippen LogP) is 4.35. The van der Waals surface area contributed by atoms with Crippen LogP contribution in [-0.4, -0.2) is 65.5 Å². The number of anilines is 1. The number of hydrogen-bond acceptors (Lipinski definition) is 9. The fourth-order valence-corrected chi connectivity index (χ4v) is 5.07. The van der Waals surface area contributed by atoms with Crippen LogP contribution in [-0.2, 0) is 10.3 Å². The van der Waals surface area contributed by atoms with Gasteiger partial charge in [-0.2, -0.15) is 5.10 Å². The van der Waals surface area contributed by atoms with E-state index in [1.807, 2.05) is 62.4 Å². The van der Waals surface area contributed by atoms with Crippen molar-refractivity contribution in [2.24, 2.45) is 0 Å². The zero-order chi connectivity index (χ0) is 27.0. The van der Waals surface area contributed by atoms with E-state index in [0.29, 0.717) is 30.3 Å². The molecule has 38 heavy (non-hydrogen) atoms. The standard InChI is InChI=1S/C27H38N8O3/c1-16(2)24-31-32-25(38-24)27(4,5)34-14-19(12-29-34)21-11-22(18-7-9-20(36)10-8-18)35-23(21)13-28-26(33-35)30-17(3)15-37-6/h11-14,16-18,20,36H,7-10,15H2,1-6H3,(H,30,33)/t17-,18?,20?/m0/s1. The molecule has 4 aromatic rings. The number of aliphatic hydroxyl groups excluding tert-OH is 1. The first-order valence-electron chi connectivity index (χ1n) is 13.4. The summed E-state index contributed by atoms with van der Waals surface area (Å²) in [6.45, 7) is 10.7. The highest BCUT2D eigenvalue weighted by molar-refractivity contribution is 5.81. The second kappa shape index (κ2) is 10.5. The molecule has 4 aromatic heterocycles. The van der Waals surface area contributed by atoms with Crippen LogP contribution in [0.25, 0.3) is 16.6 Å². The number of fused-ring (bicyclic) bond motifs is 1. The largest absolute Gasteiger partial charge is 0.422 e. The van der Waals surface area contributed by atoms with Crippen LogP contribution in [0.3, 0.4) is 0 Å². The number of aliphatic hydroxyl groups is 1. The molecule has 11 nitrogen and oxygen atoms in total. The number of rotatable bonds is 9. The second-order valence-electron chi connectivity index (χ2n) is 11.2. The van der Waals surface area contributed by atoms with Gasteiger partial charge in [0, 0.05) is 48.0 Å². The van der Waals surface area contributed by atoms with Crippen LogP contribution >= 0.6 is 0 Å². The van der Waals surface area contributed by atoms with Crippen LogP contribution < -0.4 is 5.32 Å². The van der Waals surface area contributed by atoms with Crippen molar-refractivity contribution in [2.45, 2.75) is 89.8 Å². The Morgan fingerprint density at radius 1 is 1.16 bits per heavy atom. The minimum absolute atomic E-state index is 0.0714. The van der Waals surface area contributed by atoms with Crippen molar-refractivity contribution in [2.75, 3.05) is 19.0 Å². The Morgan fingerprint density at radius 3 is 2.61 bits per heavy atom. The SMILES string of the molecule is COC[C@H](C)Nc1ncc2c(-c3cnn(C(C)(C)c4nnc(C(C)C)o4)c3)cc(C3CCC(O)CC3)n2n1. The highest BCUT2D eigenvalue weighted by atomic mass is 16.5. The molecule has 0 unspecified atom stereocenters. The van der Waals surface area contributed by atoms with Gasteiger partial charge < -0.3 is 19.6 Å². The lowest BCUT2D eigenvalue weighted by Crippen LogP contribution is -2.28. The second-order valence-corrected chi connectivity index (χ2v) is 11.2. The molecular weight excluding hydrogens is 484 g/mol. The summed E-state index contributed by atoms with van der Waals surface area (Å²) in [5.74, 6) is 2.14. The summed E-state index contributed by atoms with van der Waals surface area (Å²) >= 11 is 0. The Bertz CT molecular complexity index is 1380. The molecule has 1 aliphatic carbocycles. The fraction of sp³-hybridized carbons (Fsp3) is 0.593. The monoisotopic (exact) mass is 522 g/mol. The van der Waals surface area contributed by atoms with Gasteiger partial charge in [-0.3, -0.25) is 4.68 Å². The molecule has 204 valence electrons. The van der Waals surface area contributed by atoms with E-state index in [1.54, 1.807) is 7.11 Å². The van der Waals surface area contributed by atoms with E-state index in [0.717, 1.165) is 48.0 Å². The van der Waals surface area contributed by atoms with Crippen molar-refractivity contribution in [3.8, 4) is 11.1 Å². The number of nitrogens with zero attached hydrogens (tertiary/aromatic N) is 7. The summed E-state index contributed by atoms with van der Waals surface area (Å²) < 4.78 is 15.1. The lowest BCUT2D eigenvalue weighted by atomic mass is 9.85. The van der Waals surface area contributed by atoms with Crippen LogP contribution in [0.1, 0.15) is 89.6 Å². The Kier molecular flexibility index (Phi) is 7.23. The van der Waals surface area contributed by atoms with Gasteiger partial charge >= 0.3 is 0 Å². The van der Waals surface area contributed by atoms with Crippen LogP contribution in [0.15, 0.2) is 29.1 Å². The minimum atomic E-state index is -0.624. The van der Waals surface area contributed by atoms with Gasteiger partial charge in [0.15, 0.2) is 0 Å². The number of nitrogens with one attached hydrogen (secondary N) is 1. The lowest BCUT2D eigenvalue weighted by Gasteiger charge is -2.25. The molecule has 1 atom stereocenters. The third-order valence-electron chi connectivity index (χ3n) is 7.38. The normalized spacial score (nSPS) is 19.4. The molecule has 4 heterocycles. The first kappa shape index (κ1) is 26.3. The molecule has 0 aromatic carbocycles. The van der Waals surface area contributed by atoms with Crippen molar-refractivity contribution in [1.82, 2.24) is 34.6 Å². The summed E-state index contributed by atoms with van der Waals surface area (Å²) in [5, 5.41) is 31.5. The van der Waals surface area contributed by atoms with Crippen LogP contribution in [0, 0.1) is 0 Å². The fourth-order valence-electron chi connectivity index (χ4n) is 5.07. The van der Waals surface area contributed by atoms with Crippen molar-refractivity contribution >= 4 is 11.5 Å². The summed E-state index contributed by atoms with van der Waals surface area (Å²) in [5.41, 5.74) is 3.38. The quantitative estimate of drug-likeness (QED) is 0.330. The molecule has 0 aliphatic heterocycles. The topological polar surface area (TPSA) is 128 Å². The Labute approximate surface area is 222 Å². The molecule has 5 rings (SSSR count). The Balaban J connectivity index is 1.53. The maximum Gasteiger partial charge on any atom is 0.243 e. The molecule has 0 amide bonds. The average Bonchev–Trinajstić information content (AvgIpc) is 3.63. The maximum absolute atomic E-state index is 10.1. The Morgan fingerprint density at radius 2 is 1.92 bits per heavy atom. The summed E-state index contributed by atoms with van der Waals surface area (Å²) in [6.07, 6.45) is 8.93. The van der Waals surface area contributed by atoms with E-state index >= 15 is 0 Å². The third-order valence-corrected chi connectivity index (χ3v) is 7.38. The summed E-state index contributed by atoms with van der Waals surface area (Å²) in [7, 11) is 1.68. The third kappa shape index (κ3) is 5.04. The number of aromatic nitrogens is 7. The van der Waals surface area contributed by atoms with Gasteiger partial charge in [-0.15, -0.1) is 15.3 Å². The van der Waals surface area contributed by atoms with Gasteiger partial charge in [0.05, 0.1) is 30.6 Å². The van der Waals surface area contributed by atoms with Gasteiger partial charge in [-0.05, 0) is 52.5 Å². The van der Waals surface area contributed by atoms with E-state index in [4.69, 9.17) is 19.4 Å². The molecule has 0 radical (unpaired) electrons. The molecule has 0 spiro atoms. The van der Waals surface area contributed by atoms with Crippen LogP contribution in [0.5, 0.6) is 0 Å². The summed E-state index contributed by atoms with van der Waals surface area (Å²) in [4.78, 5) is 4.61. The van der Waals surface area contributed by atoms with Crippen molar-refractivity contribution in [1.29, 1.82) is 0 Å².